The largest absolute Gasteiger partial charge is 0.481 e. The average Bonchev–Trinajstić information content (AvgIpc) is 2.62. The molecule has 20 heavy (non-hydrogen) atoms. The molecule has 4 unspecified atom stereocenters. The number of nitrogens with zero attached hydrogens (tertiary/aromatic N) is 1. The van der Waals surface area contributed by atoms with Crippen LogP contribution < -0.4 is 5.32 Å². The molecule has 0 aromatic rings. The van der Waals surface area contributed by atoms with Crippen LogP contribution in [-0.4, -0.2) is 63.6 Å². The van der Waals surface area contributed by atoms with Crippen molar-refractivity contribution >= 4 is 12.0 Å². The molecule has 114 valence electrons. The fourth-order valence-corrected chi connectivity index (χ4v) is 2.96. The fraction of sp³-hybridized carbons (Fsp3) is 0.846. The lowest BCUT2D eigenvalue weighted by atomic mass is 9.95. The van der Waals surface area contributed by atoms with Crippen molar-refractivity contribution in [2.75, 3.05) is 13.1 Å². The molecular formula is C13H22N2O5. The summed E-state index contributed by atoms with van der Waals surface area (Å²) in [6, 6.07) is -0.781. The standard InChI is InChI=1S/C13H22N2O5/c16-10-6-15(7-11(10)17)13(20)14-9-5-3-1-2-4-8(9)12(18)19/h8-11,16-17H,1-7H2,(H,14,20)(H,18,19). The Morgan fingerprint density at radius 3 is 2.20 bits per heavy atom. The molecule has 7 nitrogen and oxygen atoms in total. The predicted octanol–water partition coefficient (Wildman–Crippen LogP) is -0.233. The van der Waals surface area contributed by atoms with Crippen LogP contribution in [-0.2, 0) is 4.79 Å². The lowest BCUT2D eigenvalue weighted by Crippen LogP contribution is -2.48. The van der Waals surface area contributed by atoms with Crippen LogP contribution in [0.2, 0.25) is 0 Å². The molecule has 4 N–H and O–H groups in total. The number of aliphatic hydroxyl groups is 2. The smallest absolute Gasteiger partial charge is 0.317 e. The van der Waals surface area contributed by atoms with Crippen LogP contribution in [0.3, 0.4) is 0 Å². The Morgan fingerprint density at radius 1 is 1.00 bits per heavy atom. The maximum Gasteiger partial charge on any atom is 0.317 e. The number of carbonyl (C=O) groups is 2. The third-order valence-electron chi connectivity index (χ3n) is 4.19. The van der Waals surface area contributed by atoms with Crippen LogP contribution in [0.4, 0.5) is 4.79 Å². The number of rotatable bonds is 2. The number of carboxylic acid groups (broad SMARTS) is 1. The van der Waals surface area contributed by atoms with Gasteiger partial charge in [0.1, 0.15) is 0 Å². The van der Waals surface area contributed by atoms with Gasteiger partial charge in [0.15, 0.2) is 0 Å². The molecule has 4 atom stereocenters. The number of carbonyl (C=O) groups excluding carboxylic acids is 1. The topological polar surface area (TPSA) is 110 Å². The summed E-state index contributed by atoms with van der Waals surface area (Å²) >= 11 is 0. The van der Waals surface area contributed by atoms with E-state index in [4.69, 9.17) is 0 Å². The van der Waals surface area contributed by atoms with Gasteiger partial charge in [0.05, 0.1) is 31.2 Å². The third-order valence-corrected chi connectivity index (χ3v) is 4.19. The van der Waals surface area contributed by atoms with Crippen LogP contribution in [0.5, 0.6) is 0 Å². The summed E-state index contributed by atoms with van der Waals surface area (Å²) in [6.07, 6.45) is 2.13. The second-order valence-corrected chi connectivity index (χ2v) is 5.68. The molecule has 1 aliphatic carbocycles. The molecule has 2 rings (SSSR count). The Hall–Kier alpha value is -1.34. The lowest BCUT2D eigenvalue weighted by molar-refractivity contribution is -0.142. The van der Waals surface area contributed by atoms with Gasteiger partial charge in [-0.05, 0) is 12.8 Å². The summed E-state index contributed by atoms with van der Waals surface area (Å²) in [5.41, 5.74) is 0. The number of hydrogen-bond donors (Lipinski definition) is 4. The van der Waals surface area contributed by atoms with Gasteiger partial charge in [-0.1, -0.05) is 19.3 Å². The molecule has 2 amide bonds. The molecule has 1 saturated carbocycles. The van der Waals surface area contributed by atoms with Gasteiger partial charge < -0.3 is 25.5 Å². The minimum absolute atomic E-state index is 0.0808. The summed E-state index contributed by atoms with van der Waals surface area (Å²) in [4.78, 5) is 24.7. The van der Waals surface area contributed by atoms with E-state index < -0.39 is 30.1 Å². The van der Waals surface area contributed by atoms with Crippen LogP contribution >= 0.6 is 0 Å². The molecule has 2 fully saturated rings. The SMILES string of the molecule is O=C(O)C1CCCCCC1NC(=O)N1CC(O)C(O)C1. The van der Waals surface area contributed by atoms with E-state index in [1.54, 1.807) is 0 Å². The van der Waals surface area contributed by atoms with E-state index in [9.17, 15) is 24.9 Å². The normalized spacial score (nSPS) is 34.6. The van der Waals surface area contributed by atoms with Gasteiger partial charge in [0.2, 0.25) is 0 Å². The number of amides is 2. The highest BCUT2D eigenvalue weighted by atomic mass is 16.4. The van der Waals surface area contributed by atoms with Gasteiger partial charge in [0.25, 0.3) is 0 Å². The average molecular weight is 286 g/mol. The summed E-state index contributed by atoms with van der Waals surface area (Å²) in [6.45, 7) is 0.162. The highest BCUT2D eigenvalue weighted by molar-refractivity contribution is 5.77. The summed E-state index contributed by atoms with van der Waals surface area (Å²) < 4.78 is 0. The van der Waals surface area contributed by atoms with Crippen molar-refractivity contribution < 1.29 is 24.9 Å². The molecule has 7 heteroatoms. The van der Waals surface area contributed by atoms with Gasteiger partial charge in [0, 0.05) is 6.04 Å². The van der Waals surface area contributed by atoms with Gasteiger partial charge in [-0.15, -0.1) is 0 Å². The van der Waals surface area contributed by atoms with E-state index in [0.29, 0.717) is 12.8 Å². The summed E-state index contributed by atoms with van der Waals surface area (Å²) in [5, 5.41) is 30.9. The maximum atomic E-state index is 12.1. The minimum Gasteiger partial charge on any atom is -0.481 e. The number of carboxylic acids is 1. The quantitative estimate of drug-likeness (QED) is 0.524. The minimum atomic E-state index is -0.926. The molecule has 1 aliphatic heterocycles. The third kappa shape index (κ3) is 3.40. The Bertz CT molecular complexity index is 366. The zero-order valence-corrected chi connectivity index (χ0v) is 11.4. The molecule has 0 aromatic carbocycles. The first-order valence-corrected chi connectivity index (χ1v) is 7.13. The van der Waals surface area contributed by atoms with E-state index >= 15 is 0 Å². The Labute approximate surface area is 117 Å². The fourth-order valence-electron chi connectivity index (χ4n) is 2.96. The maximum absolute atomic E-state index is 12.1. The molecule has 0 bridgehead atoms. The number of aliphatic carboxylic acids is 1. The second-order valence-electron chi connectivity index (χ2n) is 5.68. The Kier molecular flexibility index (Phi) is 4.82. The summed E-state index contributed by atoms with van der Waals surface area (Å²) in [7, 11) is 0. The first-order valence-electron chi connectivity index (χ1n) is 7.13. The van der Waals surface area contributed by atoms with Crippen molar-refractivity contribution in [2.24, 2.45) is 5.92 Å². The van der Waals surface area contributed by atoms with Gasteiger partial charge in [-0.2, -0.15) is 0 Å². The monoisotopic (exact) mass is 286 g/mol. The Balaban J connectivity index is 1.96. The highest BCUT2D eigenvalue weighted by Gasteiger charge is 2.36. The number of urea groups is 1. The number of aliphatic hydroxyl groups excluding tert-OH is 2. The zero-order valence-electron chi connectivity index (χ0n) is 11.4. The first kappa shape index (κ1) is 15.1. The van der Waals surface area contributed by atoms with Crippen LogP contribution in [0.1, 0.15) is 32.1 Å². The molecule has 2 aliphatic rings. The molecular weight excluding hydrogens is 264 g/mol. The molecule has 0 spiro atoms. The molecule has 1 heterocycles. The number of nitrogens with one attached hydrogen (secondary N) is 1. The van der Waals surface area contributed by atoms with Crippen LogP contribution in [0.25, 0.3) is 0 Å². The van der Waals surface area contributed by atoms with Crippen molar-refractivity contribution in [3.8, 4) is 0 Å². The van der Waals surface area contributed by atoms with Crippen molar-refractivity contribution in [2.45, 2.75) is 50.4 Å². The van der Waals surface area contributed by atoms with E-state index in [2.05, 4.69) is 5.32 Å². The highest BCUT2D eigenvalue weighted by Crippen LogP contribution is 2.24. The van der Waals surface area contributed by atoms with Crippen LogP contribution in [0, 0.1) is 5.92 Å². The van der Waals surface area contributed by atoms with E-state index in [1.165, 1.54) is 4.90 Å². The number of likely N-dealkylation sites (tertiary alicyclic amines) is 1. The molecule has 0 radical (unpaired) electrons. The van der Waals surface area contributed by atoms with Crippen molar-refractivity contribution in [3.05, 3.63) is 0 Å². The number of β-amino-alcohol motifs (C(OH)–C–C–N with tert-alkyl or cyclic N) is 2. The number of hydrogen-bond acceptors (Lipinski definition) is 4. The Morgan fingerprint density at radius 2 is 1.60 bits per heavy atom. The van der Waals surface area contributed by atoms with Crippen molar-refractivity contribution in [1.82, 2.24) is 10.2 Å². The zero-order chi connectivity index (χ0) is 14.7. The van der Waals surface area contributed by atoms with E-state index in [0.717, 1.165) is 19.3 Å². The van der Waals surface area contributed by atoms with E-state index in [-0.39, 0.29) is 19.1 Å². The first-order chi connectivity index (χ1) is 9.49. The van der Waals surface area contributed by atoms with E-state index in [1.807, 2.05) is 0 Å². The van der Waals surface area contributed by atoms with Gasteiger partial charge in [-0.3, -0.25) is 4.79 Å². The van der Waals surface area contributed by atoms with Gasteiger partial charge >= 0.3 is 12.0 Å². The van der Waals surface area contributed by atoms with Crippen LogP contribution in [0.15, 0.2) is 0 Å². The second kappa shape index (κ2) is 6.41. The lowest BCUT2D eigenvalue weighted by Gasteiger charge is -2.26. The molecule has 0 aromatic heterocycles. The van der Waals surface area contributed by atoms with Gasteiger partial charge in [-0.25, -0.2) is 4.79 Å². The predicted molar refractivity (Wildman–Crippen MR) is 70.1 cm³/mol. The van der Waals surface area contributed by atoms with Crippen molar-refractivity contribution in [3.63, 3.8) is 0 Å². The summed E-state index contributed by atoms with van der Waals surface area (Å²) in [5.74, 6) is -1.43. The van der Waals surface area contributed by atoms with Crippen molar-refractivity contribution in [1.29, 1.82) is 0 Å². The molecule has 1 saturated heterocycles.